The number of likely N-dealkylation sites (tertiary alicyclic amines) is 1. The summed E-state index contributed by atoms with van der Waals surface area (Å²) in [6.07, 6.45) is 9.72. The number of benzene rings is 1. The van der Waals surface area contributed by atoms with Crippen molar-refractivity contribution >= 4 is 29.4 Å². The first kappa shape index (κ1) is 24.5. The SMILES string of the molecule is C=CCCCCCCCCC(=O)OCN1C(=O)CCC(N2Cc3c(N)cccc3C2=O)C1=O. The number of nitrogens with zero attached hydrogens (tertiary/aromatic N) is 2. The molecule has 2 heterocycles. The Kier molecular flexibility index (Phi) is 8.63. The molecule has 1 aromatic rings. The van der Waals surface area contributed by atoms with Crippen LogP contribution < -0.4 is 5.73 Å². The summed E-state index contributed by atoms with van der Waals surface area (Å²) in [4.78, 5) is 52.6. The molecule has 2 N–H and O–H groups in total. The molecule has 1 unspecified atom stereocenters. The third-order valence-corrected chi connectivity index (χ3v) is 6.29. The predicted molar refractivity (Wildman–Crippen MR) is 124 cm³/mol. The Balaban J connectivity index is 1.45. The number of ether oxygens (including phenoxy) is 1. The van der Waals surface area contributed by atoms with Crippen molar-refractivity contribution < 1.29 is 23.9 Å². The number of piperidine rings is 1. The van der Waals surface area contributed by atoms with Gasteiger partial charge < -0.3 is 15.4 Å². The van der Waals surface area contributed by atoms with Gasteiger partial charge in [0.25, 0.3) is 11.8 Å². The van der Waals surface area contributed by atoms with E-state index in [0.29, 0.717) is 23.2 Å². The number of fused-ring (bicyclic) bond motifs is 1. The van der Waals surface area contributed by atoms with E-state index in [1.54, 1.807) is 18.2 Å². The van der Waals surface area contributed by atoms with Gasteiger partial charge in [0.15, 0.2) is 6.73 Å². The van der Waals surface area contributed by atoms with Crippen molar-refractivity contribution in [3.63, 3.8) is 0 Å². The summed E-state index contributed by atoms with van der Waals surface area (Å²) in [6.45, 7) is 3.53. The van der Waals surface area contributed by atoms with Gasteiger partial charge in [-0.3, -0.25) is 19.2 Å². The number of rotatable bonds is 12. The average molecular weight is 456 g/mol. The zero-order valence-electron chi connectivity index (χ0n) is 19.1. The summed E-state index contributed by atoms with van der Waals surface area (Å²) in [6, 6.07) is 4.34. The molecule has 8 heteroatoms. The van der Waals surface area contributed by atoms with Crippen LogP contribution in [0.15, 0.2) is 30.9 Å². The lowest BCUT2D eigenvalue weighted by Crippen LogP contribution is -2.55. The smallest absolute Gasteiger partial charge is 0.307 e. The van der Waals surface area contributed by atoms with Crippen LogP contribution >= 0.6 is 0 Å². The van der Waals surface area contributed by atoms with Crippen molar-refractivity contribution in [2.75, 3.05) is 12.5 Å². The van der Waals surface area contributed by atoms with Crippen molar-refractivity contribution in [2.45, 2.75) is 76.8 Å². The van der Waals surface area contributed by atoms with Gasteiger partial charge in [-0.15, -0.1) is 6.58 Å². The van der Waals surface area contributed by atoms with Crippen LogP contribution in [0.1, 0.15) is 80.1 Å². The van der Waals surface area contributed by atoms with Crippen molar-refractivity contribution in [3.8, 4) is 0 Å². The number of nitrogens with two attached hydrogens (primary N) is 1. The van der Waals surface area contributed by atoms with Crippen LogP contribution in [-0.2, 0) is 25.7 Å². The maximum absolute atomic E-state index is 13.0. The van der Waals surface area contributed by atoms with Gasteiger partial charge in [-0.05, 0) is 37.8 Å². The van der Waals surface area contributed by atoms with Gasteiger partial charge in [-0.2, -0.15) is 0 Å². The van der Waals surface area contributed by atoms with E-state index < -0.39 is 30.6 Å². The molecule has 2 aliphatic heterocycles. The molecule has 8 nitrogen and oxygen atoms in total. The number of unbranched alkanes of at least 4 members (excludes halogenated alkanes) is 6. The zero-order valence-corrected chi connectivity index (χ0v) is 19.1. The molecule has 0 radical (unpaired) electrons. The van der Waals surface area contributed by atoms with Crippen LogP contribution in [0.25, 0.3) is 0 Å². The van der Waals surface area contributed by atoms with E-state index in [1.807, 2.05) is 6.08 Å². The Morgan fingerprint density at radius 2 is 1.85 bits per heavy atom. The third kappa shape index (κ3) is 6.00. The molecule has 0 aliphatic carbocycles. The van der Waals surface area contributed by atoms with Crippen molar-refractivity contribution in [3.05, 3.63) is 42.0 Å². The first-order valence-corrected chi connectivity index (χ1v) is 11.7. The van der Waals surface area contributed by atoms with E-state index in [9.17, 15) is 19.2 Å². The molecule has 3 amide bonds. The molecule has 0 spiro atoms. The second-order valence-electron chi connectivity index (χ2n) is 8.62. The summed E-state index contributed by atoms with van der Waals surface area (Å²) in [5, 5.41) is 0. The van der Waals surface area contributed by atoms with E-state index in [-0.39, 0.29) is 31.7 Å². The number of carbonyl (C=O) groups is 4. The van der Waals surface area contributed by atoms with Crippen molar-refractivity contribution in [1.82, 2.24) is 9.80 Å². The van der Waals surface area contributed by atoms with E-state index in [0.717, 1.165) is 43.4 Å². The summed E-state index contributed by atoms with van der Waals surface area (Å²) in [5.74, 6) is -1.61. The van der Waals surface area contributed by atoms with Gasteiger partial charge in [0.05, 0.1) is 0 Å². The van der Waals surface area contributed by atoms with Crippen LogP contribution in [0.5, 0.6) is 0 Å². The zero-order chi connectivity index (χ0) is 23.8. The average Bonchev–Trinajstić information content (AvgIpc) is 3.13. The second kappa shape index (κ2) is 11.6. The molecular formula is C25H33N3O5. The Morgan fingerprint density at radius 3 is 2.58 bits per heavy atom. The number of carbonyl (C=O) groups excluding carboxylic acids is 4. The molecule has 3 rings (SSSR count). The molecule has 1 saturated heterocycles. The third-order valence-electron chi connectivity index (χ3n) is 6.29. The number of allylic oxidation sites excluding steroid dienone is 1. The Bertz CT molecular complexity index is 913. The fraction of sp³-hybridized carbons (Fsp3) is 0.520. The number of imide groups is 1. The van der Waals surface area contributed by atoms with Gasteiger partial charge in [-0.1, -0.05) is 37.8 Å². The Morgan fingerprint density at radius 1 is 1.12 bits per heavy atom. The van der Waals surface area contributed by atoms with Crippen LogP contribution in [0.4, 0.5) is 5.69 Å². The molecular weight excluding hydrogens is 422 g/mol. The maximum Gasteiger partial charge on any atom is 0.307 e. The highest BCUT2D eigenvalue weighted by atomic mass is 16.5. The van der Waals surface area contributed by atoms with E-state index in [4.69, 9.17) is 10.5 Å². The summed E-state index contributed by atoms with van der Waals surface area (Å²) in [7, 11) is 0. The molecule has 0 bridgehead atoms. The normalized spacial score (nSPS) is 17.9. The highest BCUT2D eigenvalue weighted by molar-refractivity contribution is 6.06. The maximum atomic E-state index is 13.0. The minimum Gasteiger partial charge on any atom is -0.444 e. The van der Waals surface area contributed by atoms with Crippen LogP contribution in [0.3, 0.4) is 0 Å². The Hall–Kier alpha value is -3.16. The van der Waals surface area contributed by atoms with Gasteiger partial charge >= 0.3 is 5.97 Å². The highest BCUT2D eigenvalue weighted by Gasteiger charge is 2.43. The van der Waals surface area contributed by atoms with Crippen molar-refractivity contribution in [1.29, 1.82) is 0 Å². The molecule has 33 heavy (non-hydrogen) atoms. The standard InChI is InChI=1S/C25H33N3O5/c1-2-3-4-5-6-7-8-9-13-23(30)33-17-28-22(29)15-14-21(25(28)32)27-16-19-18(24(27)31)11-10-12-20(19)26/h2,10-12,21H,1,3-9,13-17,26H2. The first-order valence-electron chi connectivity index (χ1n) is 11.7. The minimum absolute atomic E-state index is 0.107. The molecule has 0 aromatic heterocycles. The summed E-state index contributed by atoms with van der Waals surface area (Å²) < 4.78 is 5.21. The molecule has 1 aromatic carbocycles. The van der Waals surface area contributed by atoms with Gasteiger partial charge in [-0.25, -0.2) is 4.90 Å². The van der Waals surface area contributed by atoms with Crippen molar-refractivity contribution in [2.24, 2.45) is 0 Å². The summed E-state index contributed by atoms with van der Waals surface area (Å²) >= 11 is 0. The molecule has 178 valence electrons. The van der Waals surface area contributed by atoms with E-state index in [1.165, 1.54) is 4.90 Å². The van der Waals surface area contributed by atoms with Crippen LogP contribution in [0, 0.1) is 0 Å². The number of hydrogen-bond acceptors (Lipinski definition) is 6. The van der Waals surface area contributed by atoms with Crippen LogP contribution in [0.2, 0.25) is 0 Å². The fourth-order valence-corrected chi connectivity index (χ4v) is 4.35. The number of amides is 3. The monoisotopic (exact) mass is 455 g/mol. The quantitative estimate of drug-likeness (QED) is 0.170. The number of anilines is 1. The lowest BCUT2D eigenvalue weighted by Gasteiger charge is -2.35. The highest BCUT2D eigenvalue weighted by Crippen LogP contribution is 2.32. The predicted octanol–water partition coefficient (Wildman–Crippen LogP) is 3.55. The molecule has 0 saturated carbocycles. The van der Waals surface area contributed by atoms with Gasteiger partial charge in [0, 0.05) is 36.2 Å². The Labute approximate surface area is 194 Å². The first-order chi connectivity index (χ1) is 15.9. The van der Waals surface area contributed by atoms with E-state index in [2.05, 4.69) is 6.58 Å². The summed E-state index contributed by atoms with van der Waals surface area (Å²) in [5.41, 5.74) is 7.68. The van der Waals surface area contributed by atoms with Gasteiger partial charge in [0.1, 0.15) is 6.04 Å². The number of nitrogen functional groups attached to an aromatic ring is 1. The minimum atomic E-state index is -0.776. The number of hydrogen-bond donors (Lipinski definition) is 1. The van der Waals surface area contributed by atoms with E-state index >= 15 is 0 Å². The molecule has 2 aliphatic rings. The van der Waals surface area contributed by atoms with Gasteiger partial charge in [0.2, 0.25) is 5.91 Å². The lowest BCUT2D eigenvalue weighted by molar-refractivity contribution is -0.164. The fourth-order valence-electron chi connectivity index (χ4n) is 4.35. The van der Waals surface area contributed by atoms with Crippen LogP contribution in [-0.4, -0.2) is 46.3 Å². The number of esters is 1. The largest absolute Gasteiger partial charge is 0.444 e. The topological polar surface area (TPSA) is 110 Å². The molecule has 1 atom stereocenters. The second-order valence-corrected chi connectivity index (χ2v) is 8.62. The molecule has 1 fully saturated rings. The lowest BCUT2D eigenvalue weighted by atomic mass is 10.0.